The number of amides is 1. The van der Waals surface area contributed by atoms with Gasteiger partial charge in [-0.15, -0.1) is 0 Å². The summed E-state index contributed by atoms with van der Waals surface area (Å²) in [6.45, 7) is 9.20. The highest BCUT2D eigenvalue weighted by Crippen LogP contribution is 2.41. The Morgan fingerprint density at radius 2 is 1.62 bits per heavy atom. The Balaban J connectivity index is 1.77. The number of carbonyl (C=O) groups excluding carboxylic acids is 2. The van der Waals surface area contributed by atoms with E-state index in [2.05, 4.69) is 13.8 Å². The topological polar surface area (TPSA) is 85.3 Å². The van der Waals surface area contributed by atoms with Crippen LogP contribution < -0.4 is 14.2 Å². The standard InChI is InChI=1S/C32H35NO6/c1-6-38-26-14-9-23(10-15-26)29-28(30(34)24-11-16-27(21(4)17-24)39-19-20(2)3)31(35)32(36)33(29)18-22-7-12-25(37-5)13-8-22/h7-17,20,29,34H,6,18-19H2,1-5H3/b30-28-. The molecular formula is C32H35NO6. The Labute approximate surface area is 229 Å². The van der Waals surface area contributed by atoms with Gasteiger partial charge in [0.2, 0.25) is 0 Å². The molecule has 204 valence electrons. The van der Waals surface area contributed by atoms with E-state index in [9.17, 15) is 14.7 Å². The summed E-state index contributed by atoms with van der Waals surface area (Å²) < 4.78 is 16.7. The third-order valence-electron chi connectivity index (χ3n) is 6.58. The number of nitrogens with zero attached hydrogens (tertiary/aromatic N) is 1. The lowest BCUT2D eigenvalue weighted by atomic mass is 9.94. The first-order chi connectivity index (χ1) is 18.7. The van der Waals surface area contributed by atoms with Crippen LogP contribution in [0.25, 0.3) is 5.76 Å². The number of carbonyl (C=O) groups is 2. The van der Waals surface area contributed by atoms with Gasteiger partial charge in [-0.25, -0.2) is 0 Å². The molecule has 0 bridgehead atoms. The summed E-state index contributed by atoms with van der Waals surface area (Å²) in [5.41, 5.74) is 2.85. The zero-order valence-corrected chi connectivity index (χ0v) is 23.1. The highest BCUT2D eigenvalue weighted by Gasteiger charge is 2.46. The summed E-state index contributed by atoms with van der Waals surface area (Å²) in [6, 6.07) is 19.1. The van der Waals surface area contributed by atoms with E-state index in [1.165, 1.54) is 4.90 Å². The van der Waals surface area contributed by atoms with Crippen LogP contribution in [0.5, 0.6) is 17.2 Å². The van der Waals surface area contributed by atoms with Gasteiger partial charge in [-0.2, -0.15) is 0 Å². The summed E-state index contributed by atoms with van der Waals surface area (Å²) in [5.74, 6) is 0.845. The van der Waals surface area contributed by atoms with Crippen molar-refractivity contribution in [1.29, 1.82) is 0 Å². The minimum absolute atomic E-state index is 0.0490. The van der Waals surface area contributed by atoms with Gasteiger partial charge in [0, 0.05) is 12.1 Å². The van der Waals surface area contributed by atoms with Gasteiger partial charge in [0.05, 0.1) is 31.9 Å². The molecule has 1 aliphatic rings. The average Bonchev–Trinajstić information content (AvgIpc) is 3.17. The molecule has 0 radical (unpaired) electrons. The SMILES string of the molecule is CCOc1ccc(C2/C(=C(/O)c3ccc(OCC(C)C)c(C)c3)C(=O)C(=O)N2Cc2ccc(OC)cc2)cc1. The smallest absolute Gasteiger partial charge is 0.295 e. The first-order valence-corrected chi connectivity index (χ1v) is 13.1. The van der Waals surface area contributed by atoms with Crippen molar-refractivity contribution >= 4 is 17.4 Å². The van der Waals surface area contributed by atoms with Crippen LogP contribution in [-0.2, 0) is 16.1 Å². The lowest BCUT2D eigenvalue weighted by Crippen LogP contribution is -2.29. The predicted molar refractivity (Wildman–Crippen MR) is 150 cm³/mol. The minimum Gasteiger partial charge on any atom is -0.507 e. The number of likely N-dealkylation sites (tertiary alicyclic amines) is 1. The Morgan fingerprint density at radius 3 is 2.21 bits per heavy atom. The summed E-state index contributed by atoms with van der Waals surface area (Å²) in [5, 5.41) is 11.5. The van der Waals surface area contributed by atoms with Gasteiger partial charge in [0.15, 0.2) is 0 Å². The number of aryl methyl sites for hydroxylation is 1. The van der Waals surface area contributed by atoms with Crippen molar-refractivity contribution in [3.63, 3.8) is 0 Å². The molecule has 39 heavy (non-hydrogen) atoms. The number of Topliss-reactive ketones (excluding diaryl/α,β-unsaturated/α-hetero) is 1. The summed E-state index contributed by atoms with van der Waals surface area (Å²) >= 11 is 0. The fraction of sp³-hybridized carbons (Fsp3) is 0.312. The van der Waals surface area contributed by atoms with Crippen LogP contribution in [0.2, 0.25) is 0 Å². The van der Waals surface area contributed by atoms with E-state index in [4.69, 9.17) is 14.2 Å². The molecule has 3 aromatic carbocycles. The first kappa shape index (κ1) is 27.8. The maximum absolute atomic E-state index is 13.4. The Kier molecular flexibility index (Phi) is 8.59. The second-order valence-corrected chi connectivity index (χ2v) is 9.96. The van der Waals surface area contributed by atoms with E-state index < -0.39 is 17.7 Å². The monoisotopic (exact) mass is 529 g/mol. The molecular weight excluding hydrogens is 494 g/mol. The molecule has 1 amide bonds. The number of aliphatic hydroxyl groups excluding tert-OH is 1. The maximum atomic E-state index is 13.4. The largest absolute Gasteiger partial charge is 0.507 e. The van der Waals surface area contributed by atoms with Gasteiger partial charge in [-0.3, -0.25) is 9.59 Å². The number of ether oxygens (including phenoxy) is 3. The van der Waals surface area contributed by atoms with Crippen molar-refractivity contribution in [2.75, 3.05) is 20.3 Å². The number of hydrogen-bond donors (Lipinski definition) is 1. The van der Waals surface area contributed by atoms with Crippen LogP contribution in [0.15, 0.2) is 72.3 Å². The van der Waals surface area contributed by atoms with Gasteiger partial charge in [-0.05, 0) is 78.9 Å². The molecule has 1 N–H and O–H groups in total. The lowest BCUT2D eigenvalue weighted by molar-refractivity contribution is -0.140. The molecule has 7 heteroatoms. The molecule has 4 rings (SSSR count). The van der Waals surface area contributed by atoms with Crippen molar-refractivity contribution in [3.8, 4) is 17.2 Å². The third kappa shape index (κ3) is 6.08. The van der Waals surface area contributed by atoms with Crippen molar-refractivity contribution in [2.24, 2.45) is 5.92 Å². The fourth-order valence-corrected chi connectivity index (χ4v) is 4.60. The van der Waals surface area contributed by atoms with Crippen molar-refractivity contribution in [1.82, 2.24) is 4.90 Å². The normalized spacial score (nSPS) is 16.6. The Hall–Kier alpha value is -4.26. The summed E-state index contributed by atoms with van der Waals surface area (Å²) in [4.78, 5) is 28.3. The quantitative estimate of drug-likeness (QED) is 0.195. The molecule has 1 saturated heterocycles. The molecule has 1 heterocycles. The zero-order chi connectivity index (χ0) is 28.1. The van der Waals surface area contributed by atoms with Crippen molar-refractivity contribution < 1.29 is 28.9 Å². The third-order valence-corrected chi connectivity index (χ3v) is 6.58. The molecule has 3 aromatic rings. The highest BCUT2D eigenvalue weighted by molar-refractivity contribution is 6.46. The van der Waals surface area contributed by atoms with E-state index in [0.717, 1.165) is 11.1 Å². The first-order valence-electron chi connectivity index (χ1n) is 13.1. The van der Waals surface area contributed by atoms with Crippen LogP contribution in [0, 0.1) is 12.8 Å². The molecule has 0 aliphatic carbocycles. The second kappa shape index (κ2) is 12.1. The van der Waals surface area contributed by atoms with E-state index in [0.29, 0.717) is 47.5 Å². The summed E-state index contributed by atoms with van der Waals surface area (Å²) in [7, 11) is 1.59. The second-order valence-electron chi connectivity index (χ2n) is 9.96. The summed E-state index contributed by atoms with van der Waals surface area (Å²) in [6.07, 6.45) is 0. The van der Waals surface area contributed by atoms with Crippen molar-refractivity contribution in [3.05, 3.63) is 94.6 Å². The number of methoxy groups -OCH3 is 1. The van der Waals surface area contributed by atoms with E-state index in [-0.39, 0.29) is 17.9 Å². The van der Waals surface area contributed by atoms with Crippen LogP contribution in [0.4, 0.5) is 0 Å². The van der Waals surface area contributed by atoms with Crippen LogP contribution in [-0.4, -0.2) is 42.0 Å². The molecule has 1 fully saturated rings. The molecule has 1 unspecified atom stereocenters. The Bertz CT molecular complexity index is 1360. The van der Waals surface area contributed by atoms with E-state index in [1.54, 1.807) is 37.4 Å². The van der Waals surface area contributed by atoms with E-state index in [1.807, 2.05) is 50.2 Å². The van der Waals surface area contributed by atoms with Crippen LogP contribution in [0.3, 0.4) is 0 Å². The number of ketones is 1. The van der Waals surface area contributed by atoms with E-state index >= 15 is 0 Å². The zero-order valence-electron chi connectivity index (χ0n) is 23.1. The van der Waals surface area contributed by atoms with Crippen molar-refractivity contribution in [2.45, 2.75) is 40.3 Å². The molecule has 0 saturated carbocycles. The minimum atomic E-state index is -0.778. The maximum Gasteiger partial charge on any atom is 0.295 e. The number of benzene rings is 3. The molecule has 1 atom stereocenters. The van der Waals surface area contributed by atoms with Gasteiger partial charge < -0.3 is 24.2 Å². The molecule has 1 aliphatic heterocycles. The fourth-order valence-electron chi connectivity index (χ4n) is 4.60. The number of rotatable bonds is 10. The van der Waals surface area contributed by atoms with Crippen LogP contribution >= 0.6 is 0 Å². The van der Waals surface area contributed by atoms with Gasteiger partial charge in [-0.1, -0.05) is 38.1 Å². The van der Waals surface area contributed by atoms with Gasteiger partial charge in [0.25, 0.3) is 11.7 Å². The van der Waals surface area contributed by atoms with Crippen LogP contribution in [0.1, 0.15) is 49.1 Å². The lowest BCUT2D eigenvalue weighted by Gasteiger charge is -2.26. The average molecular weight is 530 g/mol. The molecule has 7 nitrogen and oxygen atoms in total. The highest BCUT2D eigenvalue weighted by atomic mass is 16.5. The molecule has 0 aromatic heterocycles. The van der Waals surface area contributed by atoms with Gasteiger partial charge in [0.1, 0.15) is 23.0 Å². The van der Waals surface area contributed by atoms with Gasteiger partial charge >= 0.3 is 0 Å². The Morgan fingerprint density at radius 1 is 0.949 bits per heavy atom. The molecule has 0 spiro atoms. The number of aliphatic hydroxyl groups is 1. The number of hydrogen-bond acceptors (Lipinski definition) is 6. The predicted octanol–water partition coefficient (Wildman–Crippen LogP) is 6.06.